The van der Waals surface area contributed by atoms with Crippen LogP contribution < -0.4 is 15.0 Å². The van der Waals surface area contributed by atoms with E-state index >= 15 is 0 Å². The van der Waals surface area contributed by atoms with Crippen LogP contribution in [0.4, 0.5) is 5.69 Å². The van der Waals surface area contributed by atoms with Crippen LogP contribution in [0, 0.1) is 0 Å². The first kappa shape index (κ1) is 19.6. The molecule has 6 nitrogen and oxygen atoms in total. The van der Waals surface area contributed by atoms with Gasteiger partial charge >= 0.3 is 5.97 Å². The summed E-state index contributed by atoms with van der Waals surface area (Å²) in [5, 5.41) is 3.25. The highest BCUT2D eigenvalue weighted by molar-refractivity contribution is 6.30. The van der Waals surface area contributed by atoms with Crippen molar-refractivity contribution in [2.24, 2.45) is 0 Å². The van der Waals surface area contributed by atoms with Crippen LogP contribution in [0.25, 0.3) is 0 Å². The number of hydrogen-bond donors (Lipinski definition) is 1. The van der Waals surface area contributed by atoms with Gasteiger partial charge in [0.25, 0.3) is 5.91 Å². The van der Waals surface area contributed by atoms with Crippen molar-refractivity contribution in [1.82, 2.24) is 5.32 Å². The van der Waals surface area contributed by atoms with Crippen molar-refractivity contribution in [2.45, 2.75) is 0 Å². The number of ether oxygens (including phenoxy) is 2. The summed E-state index contributed by atoms with van der Waals surface area (Å²) in [7, 11) is 3.82. The molecule has 0 saturated heterocycles. The van der Waals surface area contributed by atoms with Crippen molar-refractivity contribution in [2.75, 3.05) is 38.8 Å². The lowest BCUT2D eigenvalue weighted by atomic mass is 10.2. The van der Waals surface area contributed by atoms with Gasteiger partial charge in [-0.3, -0.25) is 4.79 Å². The van der Waals surface area contributed by atoms with Gasteiger partial charge in [0, 0.05) is 24.8 Å². The molecule has 0 radical (unpaired) electrons. The van der Waals surface area contributed by atoms with E-state index in [0.29, 0.717) is 29.5 Å². The molecule has 0 aromatic heterocycles. The van der Waals surface area contributed by atoms with Gasteiger partial charge in [-0.25, -0.2) is 4.79 Å². The predicted molar refractivity (Wildman–Crippen MR) is 101 cm³/mol. The topological polar surface area (TPSA) is 67.9 Å². The van der Waals surface area contributed by atoms with Crippen LogP contribution in [-0.4, -0.2) is 45.7 Å². The summed E-state index contributed by atoms with van der Waals surface area (Å²) in [6.45, 7) is 0.263. The molecule has 0 spiro atoms. The molecular weight excluding hydrogens is 356 g/mol. The standard InChI is InChI=1S/C19H21ClN2O4/c1-22(2)16-7-3-14(4-8-16)19(24)26-13-18(23)21-11-12-25-17-9-5-15(20)6-10-17/h3-10H,11-13H2,1-2H3,(H,21,23). The molecule has 2 aromatic rings. The van der Waals surface area contributed by atoms with E-state index in [9.17, 15) is 9.59 Å². The van der Waals surface area contributed by atoms with Crippen LogP contribution in [-0.2, 0) is 9.53 Å². The molecule has 26 heavy (non-hydrogen) atoms. The predicted octanol–water partition coefficient (Wildman–Crippen LogP) is 2.76. The van der Waals surface area contributed by atoms with Crippen molar-refractivity contribution in [3.8, 4) is 5.75 Å². The average Bonchev–Trinajstić information content (AvgIpc) is 2.64. The van der Waals surface area contributed by atoms with Gasteiger partial charge in [-0.05, 0) is 48.5 Å². The molecule has 0 fully saturated rings. The number of rotatable bonds is 8. The van der Waals surface area contributed by atoms with E-state index in [-0.39, 0.29) is 12.5 Å². The summed E-state index contributed by atoms with van der Waals surface area (Å²) < 4.78 is 10.5. The van der Waals surface area contributed by atoms with E-state index < -0.39 is 5.97 Å². The summed E-state index contributed by atoms with van der Waals surface area (Å²) in [4.78, 5) is 25.6. The summed E-state index contributed by atoms with van der Waals surface area (Å²) in [5.74, 6) is -0.262. The summed E-state index contributed by atoms with van der Waals surface area (Å²) in [6.07, 6.45) is 0. The minimum absolute atomic E-state index is 0.299. The van der Waals surface area contributed by atoms with Crippen molar-refractivity contribution >= 4 is 29.2 Å². The minimum Gasteiger partial charge on any atom is -0.492 e. The number of anilines is 1. The van der Waals surface area contributed by atoms with Gasteiger partial charge in [0.15, 0.2) is 6.61 Å². The maximum absolute atomic E-state index is 11.9. The number of hydrogen-bond acceptors (Lipinski definition) is 5. The zero-order valence-electron chi connectivity index (χ0n) is 14.7. The maximum Gasteiger partial charge on any atom is 0.338 e. The van der Waals surface area contributed by atoms with Crippen LogP contribution in [0.5, 0.6) is 5.75 Å². The number of benzene rings is 2. The van der Waals surface area contributed by atoms with Gasteiger partial charge in [0.05, 0.1) is 12.1 Å². The third kappa shape index (κ3) is 6.29. The first-order valence-electron chi connectivity index (χ1n) is 8.05. The zero-order valence-corrected chi connectivity index (χ0v) is 15.5. The molecule has 0 aliphatic rings. The molecule has 138 valence electrons. The molecule has 1 N–H and O–H groups in total. The van der Waals surface area contributed by atoms with Crippen molar-refractivity contribution in [3.63, 3.8) is 0 Å². The molecular formula is C19H21ClN2O4. The van der Waals surface area contributed by atoms with Gasteiger partial charge in [-0.1, -0.05) is 11.6 Å². The van der Waals surface area contributed by atoms with E-state index in [2.05, 4.69) is 5.32 Å². The first-order valence-corrected chi connectivity index (χ1v) is 8.43. The Bertz CT molecular complexity index is 730. The van der Waals surface area contributed by atoms with Gasteiger partial charge < -0.3 is 19.7 Å². The van der Waals surface area contributed by atoms with E-state index in [1.807, 2.05) is 31.1 Å². The quantitative estimate of drug-likeness (QED) is 0.566. The van der Waals surface area contributed by atoms with Gasteiger partial charge in [-0.15, -0.1) is 0 Å². The number of nitrogens with zero attached hydrogens (tertiary/aromatic N) is 1. The minimum atomic E-state index is -0.539. The second kappa shape index (κ2) is 9.68. The van der Waals surface area contributed by atoms with Gasteiger partial charge in [0.2, 0.25) is 0 Å². The van der Waals surface area contributed by atoms with Crippen molar-refractivity contribution < 1.29 is 19.1 Å². The van der Waals surface area contributed by atoms with E-state index in [0.717, 1.165) is 5.69 Å². The zero-order chi connectivity index (χ0) is 18.9. The number of carbonyl (C=O) groups is 2. The lowest BCUT2D eigenvalue weighted by molar-refractivity contribution is -0.124. The Balaban J connectivity index is 1.66. The van der Waals surface area contributed by atoms with Crippen LogP contribution in [0.15, 0.2) is 48.5 Å². The largest absolute Gasteiger partial charge is 0.492 e. The van der Waals surface area contributed by atoms with Crippen LogP contribution in [0.1, 0.15) is 10.4 Å². The van der Waals surface area contributed by atoms with Crippen molar-refractivity contribution in [3.05, 3.63) is 59.1 Å². The Morgan fingerprint density at radius 2 is 1.69 bits per heavy atom. The van der Waals surface area contributed by atoms with Crippen LogP contribution in [0.2, 0.25) is 5.02 Å². The molecule has 0 aliphatic carbocycles. The van der Waals surface area contributed by atoms with Crippen LogP contribution >= 0.6 is 11.6 Å². The van der Waals surface area contributed by atoms with E-state index in [1.54, 1.807) is 36.4 Å². The van der Waals surface area contributed by atoms with Crippen molar-refractivity contribution in [1.29, 1.82) is 0 Å². The summed E-state index contributed by atoms with van der Waals surface area (Å²) in [5.41, 5.74) is 1.37. The second-order valence-corrected chi connectivity index (χ2v) is 6.11. The number of halogens is 1. The fourth-order valence-electron chi connectivity index (χ4n) is 2.05. The van der Waals surface area contributed by atoms with E-state index in [1.165, 1.54) is 0 Å². The molecule has 7 heteroatoms. The third-order valence-corrected chi connectivity index (χ3v) is 3.71. The fourth-order valence-corrected chi connectivity index (χ4v) is 2.18. The molecule has 0 heterocycles. The number of carbonyl (C=O) groups excluding carboxylic acids is 2. The van der Waals surface area contributed by atoms with Gasteiger partial charge in [-0.2, -0.15) is 0 Å². The summed E-state index contributed by atoms with van der Waals surface area (Å²) >= 11 is 5.78. The first-order chi connectivity index (χ1) is 12.5. The third-order valence-electron chi connectivity index (χ3n) is 3.46. The molecule has 0 aliphatic heterocycles. The molecule has 2 rings (SSSR count). The monoisotopic (exact) mass is 376 g/mol. The second-order valence-electron chi connectivity index (χ2n) is 5.67. The lowest BCUT2D eigenvalue weighted by Crippen LogP contribution is -2.32. The molecule has 2 aromatic carbocycles. The molecule has 0 bridgehead atoms. The maximum atomic E-state index is 11.9. The highest BCUT2D eigenvalue weighted by Gasteiger charge is 2.10. The fraction of sp³-hybridized carbons (Fsp3) is 0.263. The van der Waals surface area contributed by atoms with E-state index in [4.69, 9.17) is 21.1 Å². The smallest absolute Gasteiger partial charge is 0.338 e. The molecule has 0 saturated carbocycles. The summed E-state index contributed by atoms with van der Waals surface area (Å²) in [6, 6.07) is 13.9. The number of amides is 1. The Morgan fingerprint density at radius 3 is 2.31 bits per heavy atom. The normalized spacial score (nSPS) is 10.1. The number of nitrogens with one attached hydrogen (secondary N) is 1. The highest BCUT2D eigenvalue weighted by Crippen LogP contribution is 2.15. The Kier molecular flexibility index (Phi) is 7.29. The highest BCUT2D eigenvalue weighted by atomic mass is 35.5. The number of esters is 1. The Morgan fingerprint density at radius 1 is 1.04 bits per heavy atom. The SMILES string of the molecule is CN(C)c1ccc(C(=O)OCC(=O)NCCOc2ccc(Cl)cc2)cc1. The lowest BCUT2D eigenvalue weighted by Gasteiger charge is -2.12. The molecule has 0 atom stereocenters. The van der Waals surface area contributed by atoms with Crippen LogP contribution in [0.3, 0.4) is 0 Å². The average molecular weight is 377 g/mol. The molecule has 1 amide bonds. The van der Waals surface area contributed by atoms with Gasteiger partial charge in [0.1, 0.15) is 12.4 Å². The Hall–Kier alpha value is -2.73. The molecule has 0 unspecified atom stereocenters. The Labute approximate surface area is 157 Å².